The van der Waals surface area contributed by atoms with E-state index in [9.17, 15) is 0 Å². The van der Waals surface area contributed by atoms with Crippen LogP contribution in [-0.4, -0.2) is 25.8 Å². The lowest BCUT2D eigenvalue weighted by Crippen LogP contribution is -2.46. The van der Waals surface area contributed by atoms with Crippen LogP contribution in [0.15, 0.2) is 0 Å². The first-order valence-corrected chi connectivity index (χ1v) is 3.68. The minimum atomic E-state index is 0.595. The molecule has 0 unspecified atom stereocenters. The van der Waals surface area contributed by atoms with Gasteiger partial charge in [0.15, 0.2) is 0 Å². The number of hydrogen-bond acceptors (Lipinski definition) is 2. The summed E-state index contributed by atoms with van der Waals surface area (Å²) in [6.07, 6.45) is 7.04. The van der Waals surface area contributed by atoms with Crippen LogP contribution < -0.4 is 5.32 Å². The van der Waals surface area contributed by atoms with Gasteiger partial charge in [0, 0.05) is 6.42 Å². The maximum Gasteiger partial charge on any atom is 0.0643 e. The molecular formula is C8H13NO. The van der Waals surface area contributed by atoms with E-state index >= 15 is 0 Å². The van der Waals surface area contributed by atoms with Crippen molar-refractivity contribution in [3.63, 3.8) is 0 Å². The smallest absolute Gasteiger partial charge is 0.0643 e. The zero-order valence-corrected chi connectivity index (χ0v) is 6.10. The summed E-state index contributed by atoms with van der Waals surface area (Å²) in [5, 5.41) is 3.33. The Bertz CT molecular complexity index is 124. The Morgan fingerprint density at radius 2 is 2.40 bits per heavy atom. The number of rotatable bonds is 4. The first kappa shape index (κ1) is 7.59. The van der Waals surface area contributed by atoms with Gasteiger partial charge in [-0.05, 0) is 13.0 Å². The van der Waals surface area contributed by atoms with Crippen LogP contribution in [0.3, 0.4) is 0 Å². The third-order valence-corrected chi connectivity index (χ3v) is 1.57. The van der Waals surface area contributed by atoms with E-state index in [1.165, 1.54) is 0 Å². The summed E-state index contributed by atoms with van der Waals surface area (Å²) in [5.74, 6) is 2.61. The van der Waals surface area contributed by atoms with Gasteiger partial charge in [0.05, 0.1) is 19.3 Å². The molecule has 0 atom stereocenters. The first-order chi connectivity index (χ1) is 4.93. The van der Waals surface area contributed by atoms with Gasteiger partial charge >= 0.3 is 0 Å². The lowest BCUT2D eigenvalue weighted by atomic mass is 10.2. The van der Waals surface area contributed by atoms with Crippen LogP contribution in [0, 0.1) is 12.3 Å². The molecule has 1 fully saturated rings. The highest BCUT2D eigenvalue weighted by molar-refractivity contribution is 4.83. The summed E-state index contributed by atoms with van der Waals surface area (Å²) in [6, 6.07) is 0.595. The van der Waals surface area contributed by atoms with E-state index in [-0.39, 0.29) is 0 Å². The SMILES string of the molecule is C#CCCCNC1COC1. The molecule has 1 saturated heterocycles. The van der Waals surface area contributed by atoms with Crippen LogP contribution >= 0.6 is 0 Å². The quantitative estimate of drug-likeness (QED) is 0.449. The second-order valence-corrected chi connectivity index (χ2v) is 2.50. The normalized spacial score (nSPS) is 17.9. The number of ether oxygens (including phenoxy) is 1. The fraction of sp³-hybridized carbons (Fsp3) is 0.750. The van der Waals surface area contributed by atoms with E-state index in [1.54, 1.807) is 0 Å². The number of nitrogens with one attached hydrogen (secondary N) is 1. The number of hydrogen-bond donors (Lipinski definition) is 1. The van der Waals surface area contributed by atoms with Crippen molar-refractivity contribution >= 4 is 0 Å². The summed E-state index contributed by atoms with van der Waals surface area (Å²) < 4.78 is 4.99. The van der Waals surface area contributed by atoms with Crippen molar-refractivity contribution < 1.29 is 4.74 Å². The maximum absolute atomic E-state index is 5.09. The molecule has 1 aliphatic heterocycles. The highest BCUT2D eigenvalue weighted by Crippen LogP contribution is 1.99. The molecule has 1 heterocycles. The molecule has 0 saturated carbocycles. The largest absolute Gasteiger partial charge is 0.378 e. The molecule has 56 valence electrons. The molecule has 0 bridgehead atoms. The summed E-state index contributed by atoms with van der Waals surface area (Å²) in [7, 11) is 0. The Hall–Kier alpha value is -0.520. The standard InChI is InChI=1S/C8H13NO/c1-2-3-4-5-9-8-6-10-7-8/h1,8-9H,3-7H2. The van der Waals surface area contributed by atoms with E-state index in [0.717, 1.165) is 32.6 Å². The Labute approximate surface area is 62.0 Å². The molecule has 1 N–H and O–H groups in total. The van der Waals surface area contributed by atoms with Crippen LogP contribution in [-0.2, 0) is 4.74 Å². The summed E-state index contributed by atoms with van der Waals surface area (Å²) in [6.45, 7) is 2.77. The third kappa shape index (κ3) is 2.38. The number of terminal acetylenes is 1. The lowest BCUT2D eigenvalue weighted by molar-refractivity contribution is -0.00486. The van der Waals surface area contributed by atoms with Gasteiger partial charge in [0.25, 0.3) is 0 Å². The molecule has 1 rings (SSSR count). The Morgan fingerprint density at radius 1 is 1.60 bits per heavy atom. The van der Waals surface area contributed by atoms with E-state index in [0.29, 0.717) is 6.04 Å². The molecule has 0 aromatic carbocycles. The zero-order valence-electron chi connectivity index (χ0n) is 6.10. The van der Waals surface area contributed by atoms with Crippen molar-refractivity contribution in [2.24, 2.45) is 0 Å². The van der Waals surface area contributed by atoms with Gasteiger partial charge in [0.1, 0.15) is 0 Å². The fourth-order valence-corrected chi connectivity index (χ4v) is 0.850. The van der Waals surface area contributed by atoms with Crippen molar-refractivity contribution in [2.75, 3.05) is 19.8 Å². The van der Waals surface area contributed by atoms with Crippen molar-refractivity contribution in [1.29, 1.82) is 0 Å². The topological polar surface area (TPSA) is 21.3 Å². The fourth-order valence-electron chi connectivity index (χ4n) is 0.850. The summed E-state index contributed by atoms with van der Waals surface area (Å²) >= 11 is 0. The van der Waals surface area contributed by atoms with Gasteiger partial charge in [-0.3, -0.25) is 0 Å². The number of unbranched alkanes of at least 4 members (excludes halogenated alkanes) is 1. The molecular weight excluding hydrogens is 126 g/mol. The van der Waals surface area contributed by atoms with E-state index in [1.807, 2.05) is 0 Å². The highest BCUT2D eigenvalue weighted by atomic mass is 16.5. The van der Waals surface area contributed by atoms with E-state index in [4.69, 9.17) is 11.2 Å². The third-order valence-electron chi connectivity index (χ3n) is 1.57. The first-order valence-electron chi connectivity index (χ1n) is 3.68. The second-order valence-electron chi connectivity index (χ2n) is 2.50. The molecule has 0 aromatic heterocycles. The molecule has 10 heavy (non-hydrogen) atoms. The Morgan fingerprint density at radius 3 is 2.90 bits per heavy atom. The van der Waals surface area contributed by atoms with Crippen LogP contribution in [0.25, 0.3) is 0 Å². The average Bonchev–Trinajstić information content (AvgIpc) is 1.84. The Kier molecular flexibility index (Phi) is 3.28. The van der Waals surface area contributed by atoms with Crippen LogP contribution in [0.4, 0.5) is 0 Å². The molecule has 0 aliphatic carbocycles. The Balaban J connectivity index is 1.81. The summed E-state index contributed by atoms with van der Waals surface area (Å²) in [4.78, 5) is 0. The maximum atomic E-state index is 5.09. The predicted molar refractivity (Wildman–Crippen MR) is 40.7 cm³/mol. The van der Waals surface area contributed by atoms with Crippen LogP contribution in [0.2, 0.25) is 0 Å². The minimum Gasteiger partial charge on any atom is -0.378 e. The van der Waals surface area contributed by atoms with Gasteiger partial charge in [-0.25, -0.2) is 0 Å². The van der Waals surface area contributed by atoms with Crippen LogP contribution in [0.1, 0.15) is 12.8 Å². The van der Waals surface area contributed by atoms with Gasteiger partial charge in [-0.15, -0.1) is 12.3 Å². The predicted octanol–water partition coefficient (Wildman–Crippen LogP) is 0.388. The monoisotopic (exact) mass is 139 g/mol. The molecule has 0 radical (unpaired) electrons. The van der Waals surface area contributed by atoms with E-state index in [2.05, 4.69) is 11.2 Å². The molecule has 0 aromatic rings. The highest BCUT2D eigenvalue weighted by Gasteiger charge is 2.15. The van der Waals surface area contributed by atoms with Gasteiger partial charge in [0.2, 0.25) is 0 Å². The van der Waals surface area contributed by atoms with Crippen molar-refractivity contribution in [3.8, 4) is 12.3 Å². The van der Waals surface area contributed by atoms with Gasteiger partial charge in [-0.1, -0.05) is 0 Å². The zero-order chi connectivity index (χ0) is 7.23. The minimum absolute atomic E-state index is 0.595. The van der Waals surface area contributed by atoms with E-state index < -0.39 is 0 Å². The molecule has 2 nitrogen and oxygen atoms in total. The van der Waals surface area contributed by atoms with Gasteiger partial charge < -0.3 is 10.1 Å². The van der Waals surface area contributed by atoms with Crippen molar-refractivity contribution in [3.05, 3.63) is 0 Å². The second kappa shape index (κ2) is 4.32. The van der Waals surface area contributed by atoms with Crippen LogP contribution in [0.5, 0.6) is 0 Å². The molecule has 0 amide bonds. The average molecular weight is 139 g/mol. The molecule has 0 spiro atoms. The lowest BCUT2D eigenvalue weighted by Gasteiger charge is -2.26. The molecule has 2 heteroatoms. The van der Waals surface area contributed by atoms with Crippen molar-refractivity contribution in [2.45, 2.75) is 18.9 Å². The summed E-state index contributed by atoms with van der Waals surface area (Å²) in [5.41, 5.74) is 0. The van der Waals surface area contributed by atoms with Crippen molar-refractivity contribution in [1.82, 2.24) is 5.32 Å². The molecule has 1 aliphatic rings. The van der Waals surface area contributed by atoms with Gasteiger partial charge in [-0.2, -0.15) is 0 Å².